The molecule has 0 amide bonds. The van der Waals surface area contributed by atoms with Crippen LogP contribution in [0.5, 0.6) is 0 Å². The molecule has 6 heteroatoms. The number of nitrogens with one attached hydrogen (secondary N) is 1. The van der Waals surface area contributed by atoms with Gasteiger partial charge in [-0.2, -0.15) is 0 Å². The SMILES string of the molecule is O=c1[nH]cnc(N(CCBr)Cc2ccccc2)c1Br. The van der Waals surface area contributed by atoms with E-state index in [1.54, 1.807) is 0 Å². The van der Waals surface area contributed by atoms with Crippen molar-refractivity contribution in [1.29, 1.82) is 0 Å². The van der Waals surface area contributed by atoms with Crippen LogP contribution in [0.3, 0.4) is 0 Å². The lowest BCUT2D eigenvalue weighted by Crippen LogP contribution is -2.28. The van der Waals surface area contributed by atoms with Crippen molar-refractivity contribution in [2.24, 2.45) is 0 Å². The van der Waals surface area contributed by atoms with Crippen LogP contribution in [0.4, 0.5) is 5.82 Å². The van der Waals surface area contributed by atoms with Crippen LogP contribution in [0.15, 0.2) is 45.9 Å². The molecule has 0 unspecified atom stereocenters. The predicted octanol–water partition coefficient (Wildman–Crippen LogP) is 2.93. The Labute approximate surface area is 128 Å². The number of hydrogen-bond acceptors (Lipinski definition) is 3. The second-order valence-electron chi connectivity index (χ2n) is 3.97. The minimum atomic E-state index is -0.169. The zero-order chi connectivity index (χ0) is 13.7. The first-order valence-corrected chi connectivity index (χ1v) is 7.72. The highest BCUT2D eigenvalue weighted by molar-refractivity contribution is 9.10. The summed E-state index contributed by atoms with van der Waals surface area (Å²) in [6, 6.07) is 10.1. The highest BCUT2D eigenvalue weighted by atomic mass is 79.9. The normalized spacial score (nSPS) is 10.4. The molecule has 0 spiro atoms. The Hall–Kier alpha value is -1.14. The van der Waals surface area contributed by atoms with Crippen molar-refractivity contribution in [2.75, 3.05) is 16.8 Å². The number of aromatic amines is 1. The zero-order valence-corrected chi connectivity index (χ0v) is 13.3. The molecule has 0 saturated heterocycles. The molecule has 1 N–H and O–H groups in total. The second kappa shape index (κ2) is 6.86. The van der Waals surface area contributed by atoms with Crippen molar-refractivity contribution in [3.8, 4) is 0 Å². The van der Waals surface area contributed by atoms with Crippen LogP contribution in [-0.2, 0) is 6.54 Å². The van der Waals surface area contributed by atoms with Crippen LogP contribution in [-0.4, -0.2) is 21.8 Å². The van der Waals surface area contributed by atoms with E-state index in [9.17, 15) is 4.79 Å². The Morgan fingerprint density at radius 2 is 2.00 bits per heavy atom. The minimum Gasteiger partial charge on any atom is -0.350 e. The molecular weight excluding hydrogens is 374 g/mol. The summed E-state index contributed by atoms with van der Waals surface area (Å²) in [6.45, 7) is 1.48. The summed E-state index contributed by atoms with van der Waals surface area (Å²) in [5.74, 6) is 0.659. The molecule has 0 fully saturated rings. The van der Waals surface area contributed by atoms with E-state index in [0.29, 0.717) is 16.8 Å². The third-order valence-electron chi connectivity index (χ3n) is 2.65. The number of anilines is 1. The minimum absolute atomic E-state index is 0.169. The molecule has 1 aromatic heterocycles. The summed E-state index contributed by atoms with van der Waals surface area (Å²) in [5.41, 5.74) is 1.01. The maximum absolute atomic E-state index is 11.6. The number of alkyl halides is 1. The van der Waals surface area contributed by atoms with E-state index in [2.05, 4.69) is 58.9 Å². The fourth-order valence-electron chi connectivity index (χ4n) is 1.76. The van der Waals surface area contributed by atoms with Gasteiger partial charge in [-0.1, -0.05) is 46.3 Å². The number of rotatable bonds is 5. The fourth-order valence-corrected chi connectivity index (χ4v) is 2.66. The monoisotopic (exact) mass is 385 g/mol. The molecule has 0 aliphatic carbocycles. The molecule has 0 atom stereocenters. The number of hydrogen-bond donors (Lipinski definition) is 1. The number of benzene rings is 1. The van der Waals surface area contributed by atoms with Crippen molar-refractivity contribution in [2.45, 2.75) is 6.54 Å². The Bertz CT molecular complexity index is 586. The Morgan fingerprint density at radius 1 is 1.26 bits per heavy atom. The van der Waals surface area contributed by atoms with Crippen molar-refractivity contribution < 1.29 is 0 Å². The summed E-state index contributed by atoms with van der Waals surface area (Å²) in [4.78, 5) is 20.5. The smallest absolute Gasteiger partial charge is 0.267 e. The first-order chi connectivity index (χ1) is 9.22. The molecule has 0 aliphatic rings. The van der Waals surface area contributed by atoms with Gasteiger partial charge in [-0.3, -0.25) is 4.79 Å². The van der Waals surface area contributed by atoms with E-state index >= 15 is 0 Å². The van der Waals surface area contributed by atoms with Gasteiger partial charge in [0.1, 0.15) is 4.47 Å². The van der Waals surface area contributed by atoms with E-state index in [1.807, 2.05) is 18.2 Å². The molecule has 100 valence electrons. The quantitative estimate of drug-likeness (QED) is 0.803. The molecule has 1 heterocycles. The van der Waals surface area contributed by atoms with Gasteiger partial charge in [-0.15, -0.1) is 0 Å². The van der Waals surface area contributed by atoms with E-state index in [-0.39, 0.29) is 5.56 Å². The van der Waals surface area contributed by atoms with E-state index < -0.39 is 0 Å². The first kappa shape index (κ1) is 14.3. The second-order valence-corrected chi connectivity index (χ2v) is 5.55. The zero-order valence-electron chi connectivity index (χ0n) is 10.1. The maximum Gasteiger partial charge on any atom is 0.267 e. The maximum atomic E-state index is 11.6. The van der Waals surface area contributed by atoms with Gasteiger partial charge in [0.15, 0.2) is 5.82 Å². The van der Waals surface area contributed by atoms with Crippen LogP contribution in [0.1, 0.15) is 5.56 Å². The predicted molar refractivity (Wildman–Crippen MR) is 83.8 cm³/mol. The van der Waals surface area contributed by atoms with E-state index in [4.69, 9.17) is 0 Å². The van der Waals surface area contributed by atoms with E-state index in [0.717, 1.165) is 11.9 Å². The Morgan fingerprint density at radius 3 is 2.68 bits per heavy atom. The highest BCUT2D eigenvalue weighted by Crippen LogP contribution is 2.21. The third kappa shape index (κ3) is 3.67. The summed E-state index contributed by atoms with van der Waals surface area (Å²) < 4.78 is 0.465. The molecule has 0 aliphatic heterocycles. The van der Waals surface area contributed by atoms with Gasteiger partial charge in [0, 0.05) is 18.4 Å². The van der Waals surface area contributed by atoms with Gasteiger partial charge in [-0.05, 0) is 21.5 Å². The first-order valence-electron chi connectivity index (χ1n) is 5.80. The Kier molecular flexibility index (Phi) is 5.15. The lowest BCUT2D eigenvalue weighted by atomic mass is 10.2. The largest absolute Gasteiger partial charge is 0.350 e. The van der Waals surface area contributed by atoms with Crippen molar-refractivity contribution >= 4 is 37.7 Å². The lowest BCUT2D eigenvalue weighted by Gasteiger charge is -2.23. The molecule has 0 bridgehead atoms. The number of halogens is 2. The molecule has 4 nitrogen and oxygen atoms in total. The van der Waals surface area contributed by atoms with Crippen LogP contribution < -0.4 is 10.5 Å². The molecule has 2 rings (SSSR count). The third-order valence-corrected chi connectivity index (χ3v) is 3.72. The Balaban J connectivity index is 2.30. The molecule has 0 saturated carbocycles. The standard InChI is InChI=1S/C13H13Br2N3O/c14-6-7-18(8-10-4-2-1-3-5-10)12-11(15)13(19)17-9-16-12/h1-5,9H,6-8H2,(H,16,17,19). The molecule has 0 radical (unpaired) electrons. The van der Waals surface area contributed by atoms with Crippen LogP contribution in [0.25, 0.3) is 0 Å². The number of aromatic nitrogens is 2. The van der Waals surface area contributed by atoms with Crippen molar-refractivity contribution in [1.82, 2.24) is 9.97 Å². The van der Waals surface area contributed by atoms with Crippen molar-refractivity contribution in [3.63, 3.8) is 0 Å². The molecular formula is C13H13Br2N3O. The van der Waals surface area contributed by atoms with Crippen molar-refractivity contribution in [3.05, 3.63) is 57.0 Å². The summed E-state index contributed by atoms with van der Waals surface area (Å²) in [6.07, 6.45) is 1.43. The van der Waals surface area contributed by atoms with Crippen LogP contribution >= 0.6 is 31.9 Å². The lowest BCUT2D eigenvalue weighted by molar-refractivity contribution is 0.811. The molecule has 1 aromatic carbocycles. The average Bonchev–Trinajstić information content (AvgIpc) is 2.43. The van der Waals surface area contributed by atoms with Gasteiger partial charge in [0.05, 0.1) is 6.33 Å². The van der Waals surface area contributed by atoms with E-state index in [1.165, 1.54) is 11.9 Å². The van der Waals surface area contributed by atoms with Gasteiger partial charge >= 0.3 is 0 Å². The average molecular weight is 387 g/mol. The fraction of sp³-hybridized carbons (Fsp3) is 0.231. The molecule has 19 heavy (non-hydrogen) atoms. The highest BCUT2D eigenvalue weighted by Gasteiger charge is 2.13. The van der Waals surface area contributed by atoms with Gasteiger partial charge in [0.25, 0.3) is 5.56 Å². The number of H-pyrrole nitrogens is 1. The topological polar surface area (TPSA) is 49.0 Å². The van der Waals surface area contributed by atoms with Gasteiger partial charge in [0.2, 0.25) is 0 Å². The molecule has 2 aromatic rings. The number of nitrogens with zero attached hydrogens (tertiary/aromatic N) is 2. The van der Waals surface area contributed by atoms with Gasteiger partial charge < -0.3 is 9.88 Å². The summed E-state index contributed by atoms with van der Waals surface area (Å²) in [7, 11) is 0. The van der Waals surface area contributed by atoms with Gasteiger partial charge in [-0.25, -0.2) is 4.98 Å². The summed E-state index contributed by atoms with van der Waals surface area (Å²) in [5, 5.41) is 0.806. The van der Waals surface area contributed by atoms with Crippen LogP contribution in [0, 0.1) is 0 Å². The van der Waals surface area contributed by atoms with Crippen LogP contribution in [0.2, 0.25) is 0 Å². The summed E-state index contributed by atoms with van der Waals surface area (Å²) >= 11 is 6.73.